The summed E-state index contributed by atoms with van der Waals surface area (Å²) in [5.74, 6) is 1.94. The van der Waals surface area contributed by atoms with Gasteiger partial charge in [0.2, 0.25) is 0 Å². The molecule has 0 aliphatic carbocycles. The Kier molecular flexibility index (Phi) is 5.05. The van der Waals surface area contributed by atoms with Crippen LogP contribution in [-0.4, -0.2) is 23.8 Å². The molecule has 11 rings (SSSR count). The van der Waals surface area contributed by atoms with Crippen molar-refractivity contribution in [2.75, 3.05) is 0 Å². The Bertz CT molecular complexity index is 2980. The van der Waals surface area contributed by atoms with Crippen LogP contribution in [-0.2, 0) is 0 Å². The van der Waals surface area contributed by atoms with E-state index in [9.17, 15) is 0 Å². The molecule has 0 spiro atoms. The minimum Gasteiger partial charge on any atom is -0.306 e. The Balaban J connectivity index is 1.33. The molecule has 4 aromatic heterocycles. The first-order valence-corrected chi connectivity index (χ1v) is 16.2. The number of nitrogens with zero attached hydrogens (tertiary/aromatic N) is 5. The number of hydrogen-bond acceptors (Lipinski definition) is 3. The predicted octanol–water partition coefficient (Wildman–Crippen LogP) is 10.6. The number of hydrogen-bond donors (Lipinski definition) is 0. The van der Waals surface area contributed by atoms with Crippen molar-refractivity contribution in [1.82, 2.24) is 23.8 Å². The lowest BCUT2D eigenvalue weighted by molar-refractivity contribution is 1.07. The fourth-order valence-electron chi connectivity index (χ4n) is 7.78. The molecule has 0 atom stereocenters. The van der Waals surface area contributed by atoms with Crippen LogP contribution in [0.25, 0.3) is 99.6 Å². The molecule has 0 radical (unpaired) electrons. The highest BCUT2D eigenvalue weighted by molar-refractivity contribution is 6.29. The maximum atomic E-state index is 5.09. The lowest BCUT2D eigenvalue weighted by Gasteiger charge is -2.10. The van der Waals surface area contributed by atoms with E-state index < -0.39 is 0 Å². The lowest BCUT2D eigenvalue weighted by atomic mass is 10.0. The highest BCUT2D eigenvalue weighted by atomic mass is 15.0. The maximum Gasteiger partial charge on any atom is 0.164 e. The summed E-state index contributed by atoms with van der Waals surface area (Å²) in [5.41, 5.74) is 9.89. The van der Waals surface area contributed by atoms with Crippen LogP contribution in [0.4, 0.5) is 0 Å². The predicted molar refractivity (Wildman–Crippen MR) is 197 cm³/mol. The summed E-state index contributed by atoms with van der Waals surface area (Å²) in [6, 6.07) is 53.6. The fourth-order valence-corrected chi connectivity index (χ4v) is 7.78. The van der Waals surface area contributed by atoms with E-state index >= 15 is 0 Å². The number of rotatable bonds is 3. The molecular formula is C43H25N5. The smallest absolute Gasteiger partial charge is 0.164 e. The summed E-state index contributed by atoms with van der Waals surface area (Å²) < 4.78 is 4.93. The molecule has 5 heteroatoms. The molecule has 48 heavy (non-hydrogen) atoms. The normalized spacial score (nSPS) is 12.2. The molecule has 0 amide bonds. The van der Waals surface area contributed by atoms with Gasteiger partial charge in [0, 0.05) is 43.6 Å². The second kappa shape index (κ2) is 9.47. The van der Waals surface area contributed by atoms with E-state index in [2.05, 4.69) is 99.8 Å². The van der Waals surface area contributed by atoms with Gasteiger partial charge < -0.3 is 8.80 Å². The van der Waals surface area contributed by atoms with Crippen LogP contribution in [0.1, 0.15) is 0 Å². The van der Waals surface area contributed by atoms with Crippen LogP contribution in [0.2, 0.25) is 0 Å². The van der Waals surface area contributed by atoms with Gasteiger partial charge in [-0.2, -0.15) is 0 Å². The summed E-state index contributed by atoms with van der Waals surface area (Å²) >= 11 is 0. The Morgan fingerprint density at radius 2 is 0.812 bits per heavy atom. The van der Waals surface area contributed by atoms with Crippen LogP contribution in [0.15, 0.2) is 152 Å². The van der Waals surface area contributed by atoms with Crippen molar-refractivity contribution in [3.8, 4) is 34.2 Å². The first-order valence-electron chi connectivity index (χ1n) is 16.2. The van der Waals surface area contributed by atoms with E-state index in [1.807, 2.05) is 60.7 Å². The van der Waals surface area contributed by atoms with Gasteiger partial charge in [0.1, 0.15) is 0 Å². The summed E-state index contributed by atoms with van der Waals surface area (Å²) in [4.78, 5) is 15.1. The van der Waals surface area contributed by atoms with Gasteiger partial charge in [-0.05, 0) is 35.7 Å². The van der Waals surface area contributed by atoms with Gasteiger partial charge in [0.05, 0.1) is 33.1 Å². The van der Waals surface area contributed by atoms with Crippen LogP contribution < -0.4 is 0 Å². The molecule has 11 aromatic rings. The van der Waals surface area contributed by atoms with Crippen LogP contribution >= 0.6 is 0 Å². The van der Waals surface area contributed by atoms with Crippen molar-refractivity contribution in [3.05, 3.63) is 152 Å². The van der Waals surface area contributed by atoms with E-state index in [0.717, 1.165) is 27.7 Å². The molecule has 0 bridgehead atoms. The van der Waals surface area contributed by atoms with Crippen LogP contribution in [0.5, 0.6) is 0 Å². The van der Waals surface area contributed by atoms with E-state index in [-0.39, 0.29) is 0 Å². The molecule has 0 saturated heterocycles. The molecule has 7 aromatic carbocycles. The molecule has 4 heterocycles. The molecule has 0 aliphatic heterocycles. The van der Waals surface area contributed by atoms with Gasteiger partial charge in [-0.15, -0.1) is 0 Å². The molecule has 0 fully saturated rings. The molecule has 0 N–H and O–H groups in total. The SMILES string of the molecule is c1ccc(-c2nc(-c3ccccc3)nc(-c3ccc4c(c3)n3c5ccccc5c5ccc6ccc7c8ccccc8n4c7c6c53)n2)cc1. The number of para-hydroxylation sites is 2. The zero-order chi connectivity index (χ0) is 31.3. The monoisotopic (exact) mass is 611 g/mol. The third-order valence-corrected chi connectivity index (χ3v) is 9.86. The molecule has 5 nitrogen and oxygen atoms in total. The first-order chi connectivity index (χ1) is 23.8. The van der Waals surface area contributed by atoms with Gasteiger partial charge in [-0.3, -0.25) is 0 Å². The summed E-state index contributed by atoms with van der Waals surface area (Å²) in [7, 11) is 0. The highest BCUT2D eigenvalue weighted by Crippen LogP contribution is 2.43. The first kappa shape index (κ1) is 25.6. The maximum absolute atomic E-state index is 5.09. The minimum absolute atomic E-state index is 0.640. The van der Waals surface area contributed by atoms with E-state index in [4.69, 9.17) is 15.0 Å². The number of benzene rings is 7. The summed E-state index contributed by atoms with van der Waals surface area (Å²) in [5, 5.41) is 7.51. The van der Waals surface area contributed by atoms with Gasteiger partial charge in [-0.1, -0.05) is 121 Å². The topological polar surface area (TPSA) is 47.5 Å². The second-order valence-electron chi connectivity index (χ2n) is 12.5. The average Bonchev–Trinajstić information content (AvgIpc) is 3.64. The Morgan fingerprint density at radius 1 is 0.333 bits per heavy atom. The second-order valence-corrected chi connectivity index (χ2v) is 12.5. The Labute approximate surface area is 274 Å². The molecular weight excluding hydrogens is 587 g/mol. The summed E-state index contributed by atoms with van der Waals surface area (Å²) in [6.07, 6.45) is 0. The standard InChI is InChI=1S/C43H25N5/c1-3-11-27(12-4-1)41-44-42(28-13-5-2-6-14-28)46-43(45-41)29-21-24-36-37(25-29)48-35-18-10-8-16-31(35)33-23-20-26-19-22-32-30-15-7-9-17-34(30)47(36)39(32)38(26)40(33)48/h1-25H. The van der Waals surface area contributed by atoms with Gasteiger partial charge in [0.15, 0.2) is 17.5 Å². The average molecular weight is 612 g/mol. The van der Waals surface area contributed by atoms with Gasteiger partial charge in [0.25, 0.3) is 0 Å². The van der Waals surface area contributed by atoms with Crippen LogP contribution in [0.3, 0.4) is 0 Å². The van der Waals surface area contributed by atoms with Crippen molar-refractivity contribution < 1.29 is 0 Å². The van der Waals surface area contributed by atoms with Gasteiger partial charge in [-0.25, -0.2) is 15.0 Å². The molecule has 0 saturated carbocycles. The van der Waals surface area contributed by atoms with E-state index in [0.29, 0.717) is 17.5 Å². The molecule has 0 unspecified atom stereocenters. The third kappa shape index (κ3) is 3.42. The Morgan fingerprint density at radius 3 is 1.38 bits per heavy atom. The number of aromatic nitrogens is 5. The van der Waals surface area contributed by atoms with Crippen molar-refractivity contribution in [3.63, 3.8) is 0 Å². The zero-order valence-corrected chi connectivity index (χ0v) is 25.7. The fraction of sp³-hybridized carbons (Fsp3) is 0. The summed E-state index contributed by atoms with van der Waals surface area (Å²) in [6.45, 7) is 0. The van der Waals surface area contributed by atoms with Gasteiger partial charge >= 0.3 is 0 Å². The lowest BCUT2D eigenvalue weighted by Crippen LogP contribution is -2.00. The quantitative estimate of drug-likeness (QED) is 0.200. The van der Waals surface area contributed by atoms with Crippen molar-refractivity contribution in [2.45, 2.75) is 0 Å². The minimum atomic E-state index is 0.640. The van der Waals surface area contributed by atoms with Crippen molar-refractivity contribution in [1.29, 1.82) is 0 Å². The van der Waals surface area contributed by atoms with Crippen molar-refractivity contribution in [2.24, 2.45) is 0 Å². The van der Waals surface area contributed by atoms with Crippen LogP contribution in [0, 0.1) is 0 Å². The zero-order valence-electron chi connectivity index (χ0n) is 25.7. The molecule has 222 valence electrons. The van der Waals surface area contributed by atoms with E-state index in [1.54, 1.807) is 0 Å². The number of fused-ring (bicyclic) bond motifs is 9. The largest absolute Gasteiger partial charge is 0.306 e. The molecule has 0 aliphatic rings. The Hall–Kier alpha value is -6.59. The van der Waals surface area contributed by atoms with Crippen molar-refractivity contribution >= 4 is 65.4 Å². The van der Waals surface area contributed by atoms with E-state index in [1.165, 1.54) is 54.4 Å². The third-order valence-electron chi connectivity index (χ3n) is 9.86. The highest BCUT2D eigenvalue weighted by Gasteiger charge is 2.22.